The van der Waals surface area contributed by atoms with E-state index in [0.29, 0.717) is 0 Å². The molecule has 1 atom stereocenters. The second-order valence-corrected chi connectivity index (χ2v) is 3.12. The standard InChI is InChI=1S/C9H12N2O4.ClH/c10-8(3-4-12)7-5-6(13)1-2-9(7)11(14)15;/h1-2,5,8,12-13H,3-4,10H2;1H. The number of aromatic hydroxyl groups is 1. The summed E-state index contributed by atoms with van der Waals surface area (Å²) in [4.78, 5) is 10.1. The van der Waals surface area contributed by atoms with Crippen LogP contribution in [0.15, 0.2) is 18.2 Å². The first kappa shape index (κ1) is 14.6. The molecule has 0 aromatic heterocycles. The molecule has 1 unspecified atom stereocenters. The summed E-state index contributed by atoms with van der Waals surface area (Å²) >= 11 is 0. The number of hydrogen-bond donors (Lipinski definition) is 3. The smallest absolute Gasteiger partial charge is 0.274 e. The van der Waals surface area contributed by atoms with Gasteiger partial charge in [0.2, 0.25) is 0 Å². The third-order valence-corrected chi connectivity index (χ3v) is 2.05. The first-order valence-electron chi connectivity index (χ1n) is 4.40. The third kappa shape index (κ3) is 3.34. The average Bonchev–Trinajstić information content (AvgIpc) is 2.17. The number of hydrogen-bond acceptors (Lipinski definition) is 5. The van der Waals surface area contributed by atoms with E-state index < -0.39 is 11.0 Å². The van der Waals surface area contributed by atoms with Gasteiger partial charge in [-0.3, -0.25) is 10.1 Å². The first-order valence-corrected chi connectivity index (χ1v) is 4.40. The Hall–Kier alpha value is -1.37. The maximum atomic E-state index is 10.6. The fourth-order valence-corrected chi connectivity index (χ4v) is 1.30. The van der Waals surface area contributed by atoms with Crippen LogP contribution >= 0.6 is 12.4 Å². The second-order valence-electron chi connectivity index (χ2n) is 3.12. The molecule has 4 N–H and O–H groups in total. The summed E-state index contributed by atoms with van der Waals surface area (Å²) in [7, 11) is 0. The summed E-state index contributed by atoms with van der Waals surface area (Å²) in [6.07, 6.45) is 0.213. The van der Waals surface area contributed by atoms with Gasteiger partial charge in [-0.1, -0.05) is 0 Å². The number of phenolic OH excluding ortho intramolecular Hbond substituents is 1. The molecule has 0 fully saturated rings. The Morgan fingerprint density at radius 2 is 2.12 bits per heavy atom. The number of halogens is 1. The van der Waals surface area contributed by atoms with Crippen molar-refractivity contribution < 1.29 is 15.1 Å². The highest BCUT2D eigenvalue weighted by atomic mass is 35.5. The van der Waals surface area contributed by atoms with E-state index in [1.807, 2.05) is 0 Å². The molecule has 7 heteroatoms. The zero-order chi connectivity index (χ0) is 11.4. The van der Waals surface area contributed by atoms with Crippen LogP contribution in [-0.4, -0.2) is 21.7 Å². The van der Waals surface area contributed by atoms with Crippen LogP contribution < -0.4 is 5.73 Å². The lowest BCUT2D eigenvalue weighted by Crippen LogP contribution is -2.13. The molecule has 0 aliphatic heterocycles. The fourth-order valence-electron chi connectivity index (χ4n) is 1.30. The largest absolute Gasteiger partial charge is 0.508 e. The summed E-state index contributed by atoms with van der Waals surface area (Å²) < 4.78 is 0. The molecule has 0 aliphatic carbocycles. The SMILES string of the molecule is Cl.NC(CCO)c1cc(O)ccc1[N+](=O)[O-]. The van der Waals surface area contributed by atoms with Crippen molar-refractivity contribution in [3.63, 3.8) is 0 Å². The topological polar surface area (TPSA) is 110 Å². The van der Waals surface area contributed by atoms with Crippen LogP contribution in [0.3, 0.4) is 0 Å². The van der Waals surface area contributed by atoms with Crippen LogP contribution in [0.5, 0.6) is 5.75 Å². The second kappa shape index (κ2) is 6.26. The van der Waals surface area contributed by atoms with E-state index in [-0.39, 0.29) is 42.4 Å². The van der Waals surface area contributed by atoms with Gasteiger partial charge in [0.1, 0.15) is 5.75 Å². The van der Waals surface area contributed by atoms with Crippen molar-refractivity contribution in [1.82, 2.24) is 0 Å². The van der Waals surface area contributed by atoms with Gasteiger partial charge in [0, 0.05) is 18.7 Å². The van der Waals surface area contributed by atoms with E-state index >= 15 is 0 Å². The third-order valence-electron chi connectivity index (χ3n) is 2.05. The fraction of sp³-hybridized carbons (Fsp3) is 0.333. The Kier molecular flexibility index (Phi) is 5.73. The number of nitro groups is 1. The Bertz CT molecular complexity index is 373. The van der Waals surface area contributed by atoms with E-state index in [1.54, 1.807) is 0 Å². The normalized spacial score (nSPS) is 11.6. The van der Waals surface area contributed by atoms with Gasteiger partial charge in [0.05, 0.1) is 10.5 Å². The Balaban J connectivity index is 0.00000225. The van der Waals surface area contributed by atoms with Gasteiger partial charge in [-0.05, 0) is 18.6 Å². The molecule has 1 rings (SSSR count). The molecule has 16 heavy (non-hydrogen) atoms. The van der Waals surface area contributed by atoms with Crippen molar-refractivity contribution in [1.29, 1.82) is 0 Å². The molecule has 1 aromatic carbocycles. The van der Waals surface area contributed by atoms with Crippen LogP contribution in [0, 0.1) is 10.1 Å². The van der Waals surface area contributed by atoms with Crippen molar-refractivity contribution in [2.45, 2.75) is 12.5 Å². The molecule has 6 nitrogen and oxygen atoms in total. The highest BCUT2D eigenvalue weighted by molar-refractivity contribution is 5.85. The molecule has 0 amide bonds. The van der Waals surface area contributed by atoms with Crippen LogP contribution in [0.1, 0.15) is 18.0 Å². The molecular weight excluding hydrogens is 236 g/mol. The van der Waals surface area contributed by atoms with Crippen molar-refractivity contribution >= 4 is 18.1 Å². The molecule has 0 saturated carbocycles. The Morgan fingerprint density at radius 1 is 1.50 bits per heavy atom. The molecular formula is C9H13ClN2O4. The van der Waals surface area contributed by atoms with E-state index in [4.69, 9.17) is 10.8 Å². The van der Waals surface area contributed by atoms with Crippen molar-refractivity contribution in [3.05, 3.63) is 33.9 Å². The predicted molar refractivity (Wildman–Crippen MR) is 60.6 cm³/mol. The number of nitrogens with zero attached hydrogens (tertiary/aromatic N) is 1. The molecule has 0 heterocycles. The number of nitro benzene ring substituents is 1. The molecule has 0 bridgehead atoms. The predicted octanol–water partition coefficient (Wildman–Crippen LogP) is 1.10. The highest BCUT2D eigenvalue weighted by Crippen LogP contribution is 2.28. The zero-order valence-corrected chi connectivity index (χ0v) is 9.18. The Morgan fingerprint density at radius 3 is 2.62 bits per heavy atom. The van der Waals surface area contributed by atoms with Gasteiger partial charge in [0.25, 0.3) is 5.69 Å². The van der Waals surface area contributed by atoms with Crippen LogP contribution in [0.25, 0.3) is 0 Å². The maximum absolute atomic E-state index is 10.6. The number of phenols is 1. The number of benzene rings is 1. The molecule has 0 spiro atoms. The number of aliphatic hydroxyl groups is 1. The van der Waals surface area contributed by atoms with Crippen molar-refractivity contribution in [3.8, 4) is 5.75 Å². The molecule has 0 radical (unpaired) electrons. The minimum Gasteiger partial charge on any atom is -0.508 e. The lowest BCUT2D eigenvalue weighted by molar-refractivity contribution is -0.385. The van der Waals surface area contributed by atoms with E-state index in [9.17, 15) is 15.2 Å². The monoisotopic (exact) mass is 248 g/mol. The number of nitrogens with two attached hydrogens (primary N) is 1. The van der Waals surface area contributed by atoms with E-state index in [0.717, 1.165) is 0 Å². The van der Waals surface area contributed by atoms with Gasteiger partial charge in [-0.15, -0.1) is 12.4 Å². The van der Waals surface area contributed by atoms with Gasteiger partial charge >= 0.3 is 0 Å². The van der Waals surface area contributed by atoms with Crippen LogP contribution in [0.4, 0.5) is 5.69 Å². The van der Waals surface area contributed by atoms with Gasteiger partial charge in [-0.25, -0.2) is 0 Å². The number of rotatable bonds is 4. The summed E-state index contributed by atoms with van der Waals surface area (Å²) in [6.45, 7) is -0.159. The van der Waals surface area contributed by atoms with E-state index in [2.05, 4.69) is 0 Å². The quantitative estimate of drug-likeness (QED) is 0.546. The zero-order valence-electron chi connectivity index (χ0n) is 8.37. The Labute approximate surface area is 98.3 Å². The summed E-state index contributed by atoms with van der Waals surface area (Å²) in [5.41, 5.74) is 5.72. The average molecular weight is 249 g/mol. The lowest BCUT2D eigenvalue weighted by atomic mass is 10.0. The molecule has 90 valence electrons. The lowest BCUT2D eigenvalue weighted by Gasteiger charge is -2.10. The minimum atomic E-state index is -0.650. The summed E-state index contributed by atoms with van der Waals surface area (Å²) in [6, 6.07) is 3.02. The van der Waals surface area contributed by atoms with E-state index in [1.165, 1.54) is 18.2 Å². The summed E-state index contributed by atoms with van der Waals surface area (Å²) in [5.74, 6) is -0.0796. The van der Waals surface area contributed by atoms with Crippen LogP contribution in [0.2, 0.25) is 0 Å². The minimum absolute atomic E-state index is 0. The van der Waals surface area contributed by atoms with Crippen molar-refractivity contribution in [2.75, 3.05) is 6.61 Å². The van der Waals surface area contributed by atoms with Crippen molar-refractivity contribution in [2.24, 2.45) is 5.73 Å². The van der Waals surface area contributed by atoms with Gasteiger partial charge in [-0.2, -0.15) is 0 Å². The molecule has 1 aromatic rings. The molecule has 0 aliphatic rings. The van der Waals surface area contributed by atoms with Crippen LogP contribution in [-0.2, 0) is 0 Å². The maximum Gasteiger partial charge on any atom is 0.274 e. The van der Waals surface area contributed by atoms with Gasteiger partial charge in [0.15, 0.2) is 0 Å². The summed E-state index contributed by atoms with van der Waals surface area (Å²) in [5, 5.41) is 28.5. The molecule has 0 saturated heterocycles. The first-order chi connectivity index (χ1) is 7.06. The van der Waals surface area contributed by atoms with Gasteiger partial charge < -0.3 is 15.9 Å². The number of aliphatic hydroxyl groups excluding tert-OH is 1. The highest BCUT2D eigenvalue weighted by Gasteiger charge is 2.19.